The Kier molecular flexibility index (Phi) is 4.87. The van der Waals surface area contributed by atoms with E-state index in [9.17, 15) is 19.6 Å². The molecule has 1 N–H and O–H groups in total. The zero-order chi connectivity index (χ0) is 17.1. The van der Waals surface area contributed by atoms with E-state index in [0.717, 1.165) is 12.8 Å². The third-order valence-electron chi connectivity index (χ3n) is 4.29. The van der Waals surface area contributed by atoms with E-state index in [1.165, 1.54) is 18.2 Å². The van der Waals surface area contributed by atoms with E-state index >= 15 is 0 Å². The zero-order valence-electron chi connectivity index (χ0n) is 13.1. The summed E-state index contributed by atoms with van der Waals surface area (Å²) in [6, 6.07) is 12.8. The quantitative estimate of drug-likeness (QED) is 0.624. The van der Waals surface area contributed by atoms with Gasteiger partial charge in [0.05, 0.1) is 11.0 Å². The Hall–Kier alpha value is -2.31. The van der Waals surface area contributed by atoms with Gasteiger partial charge < -0.3 is 5.11 Å². The maximum absolute atomic E-state index is 13.0. The maximum atomic E-state index is 13.0. The summed E-state index contributed by atoms with van der Waals surface area (Å²) in [7, 11) is 0. The molecule has 0 aliphatic heterocycles. The lowest BCUT2D eigenvalue weighted by atomic mass is 10.1. The third kappa shape index (κ3) is 3.96. The number of aliphatic hydroxyl groups is 1. The van der Waals surface area contributed by atoms with Crippen LogP contribution in [0.1, 0.15) is 30.1 Å². The van der Waals surface area contributed by atoms with E-state index in [4.69, 9.17) is 0 Å². The van der Waals surface area contributed by atoms with Crippen molar-refractivity contribution in [1.82, 2.24) is 4.90 Å². The SMILES string of the molecule is O=[N+]([O-])c1ccccc1CN(CC(O)c1ccc(F)cc1)C1CC1. The van der Waals surface area contributed by atoms with Crippen molar-refractivity contribution < 1.29 is 14.4 Å². The largest absolute Gasteiger partial charge is 0.387 e. The summed E-state index contributed by atoms with van der Waals surface area (Å²) in [6.45, 7) is 0.780. The molecule has 126 valence electrons. The molecule has 1 unspecified atom stereocenters. The number of halogens is 1. The van der Waals surface area contributed by atoms with Gasteiger partial charge in [0.15, 0.2) is 0 Å². The van der Waals surface area contributed by atoms with Gasteiger partial charge in [-0.05, 0) is 30.5 Å². The molecule has 3 rings (SSSR count). The second kappa shape index (κ2) is 7.07. The topological polar surface area (TPSA) is 66.6 Å². The van der Waals surface area contributed by atoms with Gasteiger partial charge in [-0.15, -0.1) is 0 Å². The van der Waals surface area contributed by atoms with Gasteiger partial charge in [-0.1, -0.05) is 30.3 Å². The molecule has 2 aromatic carbocycles. The van der Waals surface area contributed by atoms with Crippen molar-refractivity contribution in [1.29, 1.82) is 0 Å². The molecule has 0 aromatic heterocycles. The van der Waals surface area contributed by atoms with E-state index in [1.54, 1.807) is 30.3 Å². The van der Waals surface area contributed by atoms with E-state index in [0.29, 0.717) is 30.3 Å². The Balaban J connectivity index is 1.74. The fraction of sp³-hybridized carbons (Fsp3) is 0.333. The van der Waals surface area contributed by atoms with Crippen LogP contribution in [0.15, 0.2) is 48.5 Å². The highest BCUT2D eigenvalue weighted by Gasteiger charge is 2.31. The van der Waals surface area contributed by atoms with Crippen molar-refractivity contribution in [3.8, 4) is 0 Å². The number of hydrogen-bond donors (Lipinski definition) is 1. The average molecular weight is 330 g/mol. The van der Waals surface area contributed by atoms with Crippen LogP contribution in [0, 0.1) is 15.9 Å². The van der Waals surface area contributed by atoms with Crippen molar-refractivity contribution in [3.05, 3.63) is 75.6 Å². The van der Waals surface area contributed by atoms with Crippen LogP contribution in [-0.2, 0) is 6.54 Å². The first-order valence-corrected chi connectivity index (χ1v) is 7.94. The summed E-state index contributed by atoms with van der Waals surface area (Å²) >= 11 is 0. The molecule has 0 amide bonds. The molecule has 24 heavy (non-hydrogen) atoms. The molecule has 1 aliphatic carbocycles. The molecule has 0 bridgehead atoms. The first-order valence-electron chi connectivity index (χ1n) is 7.94. The van der Waals surface area contributed by atoms with Crippen LogP contribution in [0.5, 0.6) is 0 Å². The molecule has 1 atom stereocenters. The fourth-order valence-corrected chi connectivity index (χ4v) is 2.84. The summed E-state index contributed by atoms with van der Waals surface area (Å²) in [5, 5.41) is 21.6. The first kappa shape index (κ1) is 16.5. The normalized spacial score (nSPS) is 15.5. The van der Waals surface area contributed by atoms with Crippen LogP contribution in [0.3, 0.4) is 0 Å². The summed E-state index contributed by atoms with van der Waals surface area (Å²) in [5.74, 6) is -0.343. The van der Waals surface area contributed by atoms with Crippen LogP contribution < -0.4 is 0 Å². The van der Waals surface area contributed by atoms with Gasteiger partial charge in [0.1, 0.15) is 5.82 Å². The van der Waals surface area contributed by atoms with Gasteiger partial charge in [0.25, 0.3) is 5.69 Å². The molecule has 2 aromatic rings. The number of nitrogens with zero attached hydrogens (tertiary/aromatic N) is 2. The molecule has 5 nitrogen and oxygen atoms in total. The smallest absolute Gasteiger partial charge is 0.273 e. The van der Waals surface area contributed by atoms with Crippen LogP contribution in [0.25, 0.3) is 0 Å². The van der Waals surface area contributed by atoms with Crippen molar-refractivity contribution in [3.63, 3.8) is 0 Å². The molecule has 0 saturated heterocycles. The monoisotopic (exact) mass is 330 g/mol. The number of rotatable bonds is 7. The van der Waals surface area contributed by atoms with Crippen molar-refractivity contribution >= 4 is 5.69 Å². The molecule has 1 aliphatic rings. The summed E-state index contributed by atoms with van der Waals surface area (Å²) in [4.78, 5) is 12.9. The molecule has 1 fully saturated rings. The highest BCUT2D eigenvalue weighted by atomic mass is 19.1. The number of aliphatic hydroxyl groups excluding tert-OH is 1. The molecular formula is C18H19FN2O3. The van der Waals surface area contributed by atoms with E-state index in [1.807, 2.05) is 0 Å². The van der Waals surface area contributed by atoms with Gasteiger partial charge in [-0.25, -0.2) is 4.39 Å². The highest BCUT2D eigenvalue weighted by Crippen LogP contribution is 2.32. The van der Waals surface area contributed by atoms with Crippen molar-refractivity contribution in [2.75, 3.05) is 6.54 Å². The first-order chi connectivity index (χ1) is 11.5. The van der Waals surface area contributed by atoms with E-state index in [-0.39, 0.29) is 16.4 Å². The third-order valence-corrected chi connectivity index (χ3v) is 4.29. The van der Waals surface area contributed by atoms with Crippen molar-refractivity contribution in [2.24, 2.45) is 0 Å². The fourth-order valence-electron chi connectivity index (χ4n) is 2.84. The van der Waals surface area contributed by atoms with Gasteiger partial charge in [-0.3, -0.25) is 15.0 Å². The Labute approximate surface area is 139 Å². The Morgan fingerprint density at radius 3 is 2.50 bits per heavy atom. The van der Waals surface area contributed by atoms with Crippen LogP contribution >= 0.6 is 0 Å². The number of hydrogen-bond acceptors (Lipinski definition) is 4. The summed E-state index contributed by atoms with van der Waals surface area (Å²) in [5.41, 5.74) is 1.38. The Bertz CT molecular complexity index is 716. The lowest BCUT2D eigenvalue weighted by Crippen LogP contribution is -2.30. The summed E-state index contributed by atoms with van der Waals surface area (Å²) < 4.78 is 13.0. The zero-order valence-corrected chi connectivity index (χ0v) is 13.1. The molecule has 0 spiro atoms. The van der Waals surface area contributed by atoms with Gasteiger partial charge in [0, 0.05) is 30.8 Å². The van der Waals surface area contributed by atoms with Crippen LogP contribution in [0.2, 0.25) is 0 Å². The second-order valence-electron chi connectivity index (χ2n) is 6.11. The minimum absolute atomic E-state index is 0.0967. The number of nitro groups is 1. The van der Waals surface area contributed by atoms with Gasteiger partial charge in [0.2, 0.25) is 0 Å². The van der Waals surface area contributed by atoms with Crippen LogP contribution in [-0.4, -0.2) is 27.5 Å². The maximum Gasteiger partial charge on any atom is 0.273 e. The predicted octanol–water partition coefficient (Wildman–Crippen LogP) is 3.43. The number of para-hydroxylation sites is 1. The highest BCUT2D eigenvalue weighted by molar-refractivity contribution is 5.39. The molecule has 0 heterocycles. The molecule has 1 saturated carbocycles. The van der Waals surface area contributed by atoms with Crippen LogP contribution in [0.4, 0.5) is 10.1 Å². The molecule has 6 heteroatoms. The predicted molar refractivity (Wildman–Crippen MR) is 87.9 cm³/mol. The Morgan fingerprint density at radius 1 is 1.21 bits per heavy atom. The lowest BCUT2D eigenvalue weighted by Gasteiger charge is -2.25. The lowest BCUT2D eigenvalue weighted by molar-refractivity contribution is -0.385. The number of benzene rings is 2. The van der Waals surface area contributed by atoms with Gasteiger partial charge >= 0.3 is 0 Å². The summed E-state index contributed by atoms with van der Waals surface area (Å²) in [6.07, 6.45) is 1.29. The standard InChI is InChI=1S/C18H19FN2O3/c19-15-7-5-13(6-8-15)18(22)12-20(16-9-10-16)11-14-3-1-2-4-17(14)21(23)24/h1-8,16,18,22H,9-12H2. The second-order valence-corrected chi connectivity index (χ2v) is 6.11. The van der Waals surface area contributed by atoms with E-state index < -0.39 is 6.10 Å². The number of nitro benzene ring substituents is 1. The molecular weight excluding hydrogens is 311 g/mol. The minimum atomic E-state index is -0.756. The van der Waals surface area contributed by atoms with E-state index in [2.05, 4.69) is 4.90 Å². The van der Waals surface area contributed by atoms with Gasteiger partial charge in [-0.2, -0.15) is 0 Å². The molecule has 0 radical (unpaired) electrons. The average Bonchev–Trinajstić information content (AvgIpc) is 3.40. The van der Waals surface area contributed by atoms with Crippen molar-refractivity contribution in [2.45, 2.75) is 31.5 Å². The Morgan fingerprint density at radius 2 is 1.88 bits per heavy atom. The minimum Gasteiger partial charge on any atom is -0.387 e.